The van der Waals surface area contributed by atoms with Crippen LogP contribution in [-0.4, -0.2) is 35.9 Å². The third kappa shape index (κ3) is 5.12. The molecule has 0 atom stereocenters. The topological polar surface area (TPSA) is 104 Å². The number of aromatic nitrogens is 2. The van der Waals surface area contributed by atoms with Gasteiger partial charge in [0.1, 0.15) is 5.69 Å². The highest BCUT2D eigenvalue weighted by molar-refractivity contribution is 9.10. The van der Waals surface area contributed by atoms with Gasteiger partial charge in [0.15, 0.2) is 5.82 Å². The molecule has 0 saturated heterocycles. The predicted octanol–water partition coefficient (Wildman–Crippen LogP) is 5.16. The van der Waals surface area contributed by atoms with Crippen LogP contribution in [0, 0.1) is 6.92 Å². The number of rotatable bonds is 7. The fraction of sp³-hybridized carbons (Fsp3) is 0.200. The van der Waals surface area contributed by atoms with Gasteiger partial charge in [0.2, 0.25) is 10.0 Å². The highest BCUT2D eigenvalue weighted by Gasteiger charge is 2.27. The number of sulfonamides is 1. The summed E-state index contributed by atoms with van der Waals surface area (Å²) in [5.41, 5.74) is 1.68. The molecule has 3 aromatic carbocycles. The molecule has 1 heterocycles. The molecule has 0 bridgehead atoms. The molecule has 34 heavy (non-hydrogen) atoms. The monoisotopic (exact) mass is 540 g/mol. The van der Waals surface area contributed by atoms with Crippen molar-refractivity contribution in [3.05, 3.63) is 76.8 Å². The van der Waals surface area contributed by atoms with Crippen molar-refractivity contribution in [2.75, 3.05) is 11.9 Å². The van der Waals surface area contributed by atoms with Crippen molar-refractivity contribution >= 4 is 48.2 Å². The van der Waals surface area contributed by atoms with Gasteiger partial charge in [-0.3, -0.25) is 0 Å². The number of nitrogens with one attached hydrogen (secondary N) is 2. The third-order valence-corrected chi connectivity index (χ3v) is 7.72. The van der Waals surface area contributed by atoms with Crippen molar-refractivity contribution in [3.8, 4) is 11.3 Å². The van der Waals surface area contributed by atoms with Crippen molar-refractivity contribution in [2.24, 2.45) is 0 Å². The SMILES string of the molecule is Cc1ccc(-c2nnc(Nc3ccc(Br)cc3)c3ccccc23)cc1S(=O)(=O)NC(C)(C)CO. The minimum Gasteiger partial charge on any atom is -0.394 e. The van der Waals surface area contributed by atoms with Gasteiger partial charge in [-0.2, -0.15) is 0 Å². The Hall–Kier alpha value is -2.85. The van der Waals surface area contributed by atoms with Gasteiger partial charge in [-0.1, -0.05) is 52.3 Å². The molecule has 0 aliphatic carbocycles. The van der Waals surface area contributed by atoms with Crippen molar-refractivity contribution < 1.29 is 13.5 Å². The van der Waals surface area contributed by atoms with Crippen LogP contribution in [0.3, 0.4) is 0 Å². The molecule has 3 N–H and O–H groups in total. The maximum atomic E-state index is 13.1. The second-order valence-electron chi connectivity index (χ2n) is 8.70. The quantitative estimate of drug-likeness (QED) is 0.299. The van der Waals surface area contributed by atoms with Gasteiger partial charge < -0.3 is 10.4 Å². The van der Waals surface area contributed by atoms with E-state index < -0.39 is 15.6 Å². The molecular weight excluding hydrogens is 516 g/mol. The number of hydrogen-bond acceptors (Lipinski definition) is 6. The largest absolute Gasteiger partial charge is 0.394 e. The van der Waals surface area contributed by atoms with Crippen LogP contribution in [0.15, 0.2) is 76.1 Å². The zero-order valence-electron chi connectivity index (χ0n) is 19.0. The maximum absolute atomic E-state index is 13.1. The number of nitrogens with zero attached hydrogens (tertiary/aromatic N) is 2. The first-order valence-corrected chi connectivity index (χ1v) is 12.9. The van der Waals surface area contributed by atoms with E-state index in [0.29, 0.717) is 22.6 Å². The van der Waals surface area contributed by atoms with Gasteiger partial charge in [-0.25, -0.2) is 13.1 Å². The zero-order valence-corrected chi connectivity index (χ0v) is 21.4. The summed E-state index contributed by atoms with van der Waals surface area (Å²) in [6.45, 7) is 4.66. The summed E-state index contributed by atoms with van der Waals surface area (Å²) >= 11 is 3.44. The van der Waals surface area contributed by atoms with Gasteiger partial charge in [0.25, 0.3) is 0 Å². The molecule has 1 aromatic heterocycles. The Balaban J connectivity index is 1.79. The standard InChI is InChI=1S/C25H25BrN4O3S/c1-16-8-9-17(14-22(16)34(32,33)30-25(2,3)15-31)23-20-6-4-5-7-21(20)24(29-28-23)27-19-12-10-18(26)11-13-19/h4-14,30-31H,15H2,1-3H3,(H,27,29). The number of aliphatic hydroxyl groups is 1. The van der Waals surface area contributed by atoms with E-state index >= 15 is 0 Å². The lowest BCUT2D eigenvalue weighted by atomic mass is 10.0. The van der Waals surface area contributed by atoms with Crippen LogP contribution in [-0.2, 0) is 10.0 Å². The van der Waals surface area contributed by atoms with E-state index in [1.807, 2.05) is 54.6 Å². The van der Waals surface area contributed by atoms with Gasteiger partial charge in [0.05, 0.1) is 17.0 Å². The Kier molecular flexibility index (Phi) is 6.73. The Morgan fingerprint density at radius 2 is 1.65 bits per heavy atom. The van der Waals surface area contributed by atoms with Crippen LogP contribution < -0.4 is 10.0 Å². The normalized spacial score (nSPS) is 12.1. The Morgan fingerprint density at radius 1 is 0.971 bits per heavy atom. The number of aryl methyl sites for hydroxylation is 1. The summed E-state index contributed by atoms with van der Waals surface area (Å²) < 4.78 is 29.7. The molecule has 0 spiro atoms. The number of aliphatic hydroxyl groups excluding tert-OH is 1. The number of fused-ring (bicyclic) bond motifs is 1. The summed E-state index contributed by atoms with van der Waals surface area (Å²) in [5.74, 6) is 0.605. The number of hydrogen-bond donors (Lipinski definition) is 3. The van der Waals surface area contributed by atoms with E-state index in [1.165, 1.54) is 0 Å². The second kappa shape index (κ2) is 9.42. The molecule has 0 aliphatic rings. The van der Waals surface area contributed by atoms with E-state index in [4.69, 9.17) is 0 Å². The first-order chi connectivity index (χ1) is 16.1. The molecule has 0 aliphatic heterocycles. The molecule has 0 saturated carbocycles. The first kappa shape index (κ1) is 24.3. The molecule has 4 rings (SSSR count). The highest BCUT2D eigenvalue weighted by Crippen LogP contribution is 2.33. The average Bonchev–Trinajstić information content (AvgIpc) is 2.80. The van der Waals surface area contributed by atoms with Gasteiger partial charge in [-0.05, 0) is 56.7 Å². The lowest BCUT2D eigenvalue weighted by Gasteiger charge is -2.24. The van der Waals surface area contributed by atoms with Crippen LogP contribution in [0.1, 0.15) is 19.4 Å². The number of anilines is 2. The average molecular weight is 541 g/mol. The smallest absolute Gasteiger partial charge is 0.241 e. The predicted molar refractivity (Wildman–Crippen MR) is 139 cm³/mol. The van der Waals surface area contributed by atoms with Crippen molar-refractivity contribution in [1.29, 1.82) is 0 Å². The second-order valence-corrected chi connectivity index (χ2v) is 11.3. The first-order valence-electron chi connectivity index (χ1n) is 10.6. The van der Waals surface area contributed by atoms with Crippen molar-refractivity contribution in [1.82, 2.24) is 14.9 Å². The van der Waals surface area contributed by atoms with Gasteiger partial charge in [-0.15, -0.1) is 10.2 Å². The minimum atomic E-state index is -3.87. The molecule has 0 fully saturated rings. The summed E-state index contributed by atoms with van der Waals surface area (Å²) in [6, 6.07) is 20.7. The van der Waals surface area contributed by atoms with Crippen molar-refractivity contribution in [2.45, 2.75) is 31.2 Å². The molecule has 0 amide bonds. The molecule has 176 valence electrons. The summed E-state index contributed by atoms with van der Waals surface area (Å²) in [4.78, 5) is 0.134. The van der Waals surface area contributed by atoms with Crippen molar-refractivity contribution in [3.63, 3.8) is 0 Å². The van der Waals surface area contributed by atoms with Crippen LogP contribution in [0.4, 0.5) is 11.5 Å². The number of halogens is 1. The molecule has 9 heteroatoms. The highest BCUT2D eigenvalue weighted by atomic mass is 79.9. The third-order valence-electron chi connectivity index (χ3n) is 5.35. The lowest BCUT2D eigenvalue weighted by Crippen LogP contribution is -2.46. The summed E-state index contributed by atoms with van der Waals surface area (Å²) in [5, 5.41) is 23.4. The zero-order chi connectivity index (χ0) is 24.5. The summed E-state index contributed by atoms with van der Waals surface area (Å²) in [7, 11) is -3.87. The minimum absolute atomic E-state index is 0.134. The van der Waals surface area contributed by atoms with E-state index in [1.54, 1.807) is 32.9 Å². The van der Waals surface area contributed by atoms with E-state index in [-0.39, 0.29) is 11.5 Å². The van der Waals surface area contributed by atoms with Gasteiger partial charge >= 0.3 is 0 Å². The molecular formula is C25H25BrN4O3S. The Morgan fingerprint density at radius 3 is 2.32 bits per heavy atom. The van der Waals surface area contributed by atoms with Crippen LogP contribution >= 0.6 is 15.9 Å². The maximum Gasteiger partial charge on any atom is 0.241 e. The molecule has 4 aromatic rings. The molecule has 7 nitrogen and oxygen atoms in total. The van der Waals surface area contributed by atoms with Crippen LogP contribution in [0.25, 0.3) is 22.0 Å². The van der Waals surface area contributed by atoms with E-state index in [0.717, 1.165) is 20.9 Å². The fourth-order valence-corrected chi connectivity index (χ4v) is 5.51. The molecule has 0 unspecified atom stereocenters. The van der Waals surface area contributed by atoms with Crippen LogP contribution in [0.2, 0.25) is 0 Å². The van der Waals surface area contributed by atoms with E-state index in [9.17, 15) is 13.5 Å². The van der Waals surface area contributed by atoms with Crippen LogP contribution in [0.5, 0.6) is 0 Å². The molecule has 0 radical (unpaired) electrons. The number of benzene rings is 3. The fourth-order valence-electron chi connectivity index (χ4n) is 3.57. The Bertz CT molecular complexity index is 1460. The summed E-state index contributed by atoms with van der Waals surface area (Å²) in [6.07, 6.45) is 0. The Labute approximate surface area is 207 Å². The van der Waals surface area contributed by atoms with Gasteiger partial charge in [0, 0.05) is 26.5 Å². The lowest BCUT2D eigenvalue weighted by molar-refractivity contribution is 0.208. The van der Waals surface area contributed by atoms with E-state index in [2.05, 4.69) is 36.2 Å².